The van der Waals surface area contributed by atoms with E-state index in [1.54, 1.807) is 0 Å². The Bertz CT molecular complexity index is 1190. The van der Waals surface area contributed by atoms with Crippen LogP contribution >= 0.6 is 22.6 Å². The fraction of sp³-hybridized carbons (Fsp3) is 0.240. The number of aromatic nitrogens is 1. The molecule has 4 aromatic rings. The number of primary amides is 1. The standard InChI is InChI=1S/C25H24IN2O/c1-2-3-4-8-17-13-14-19-23(15-17)28(16-18-9-5-6-11-21(18)26)22-12-7-10-20(24(19)22)25(27)29/h5-7,9-13,15H,2-4,8,16H2,1H3,(H2,27,29). The number of carbonyl (C=O) groups is 1. The van der Waals surface area contributed by atoms with Crippen LogP contribution < -0.4 is 5.73 Å². The van der Waals surface area contributed by atoms with E-state index in [0.717, 1.165) is 34.8 Å². The van der Waals surface area contributed by atoms with E-state index >= 15 is 0 Å². The van der Waals surface area contributed by atoms with Crippen LogP contribution in [-0.4, -0.2) is 10.5 Å². The van der Waals surface area contributed by atoms with E-state index < -0.39 is 5.91 Å². The maximum Gasteiger partial charge on any atom is 0.249 e. The molecular weight excluding hydrogens is 471 g/mol. The van der Waals surface area contributed by atoms with Crippen LogP contribution in [0.2, 0.25) is 0 Å². The molecule has 4 heteroatoms. The Kier molecular flexibility index (Phi) is 5.90. The van der Waals surface area contributed by atoms with Crippen molar-refractivity contribution in [3.8, 4) is 0 Å². The first-order valence-corrected chi connectivity index (χ1v) is 11.2. The Morgan fingerprint density at radius 2 is 1.93 bits per heavy atom. The van der Waals surface area contributed by atoms with Gasteiger partial charge in [0.15, 0.2) is 0 Å². The number of carbonyl (C=O) groups excluding carboxylic acids is 1. The summed E-state index contributed by atoms with van der Waals surface area (Å²) in [7, 11) is 0. The Morgan fingerprint density at radius 3 is 2.69 bits per heavy atom. The summed E-state index contributed by atoms with van der Waals surface area (Å²) in [6.45, 7) is 2.97. The van der Waals surface area contributed by atoms with Gasteiger partial charge in [-0.25, -0.2) is 0 Å². The van der Waals surface area contributed by atoms with Crippen LogP contribution in [0.15, 0.2) is 54.6 Å². The summed E-state index contributed by atoms with van der Waals surface area (Å²) in [5, 5.41) is 1.88. The van der Waals surface area contributed by atoms with Gasteiger partial charge in [-0.05, 0) is 76.9 Å². The smallest absolute Gasteiger partial charge is 0.249 e. The maximum atomic E-state index is 12.1. The first-order chi connectivity index (χ1) is 14.1. The average Bonchev–Trinajstić information content (AvgIpc) is 3.03. The van der Waals surface area contributed by atoms with Crippen molar-refractivity contribution < 1.29 is 4.79 Å². The molecular formula is C25H24IN2O. The SMILES string of the molecule is CCCCCc1c[c]c2c3c(C(N)=O)cccc3n(Cc3ccccc3I)c2c1. The van der Waals surface area contributed by atoms with Crippen molar-refractivity contribution in [3.63, 3.8) is 0 Å². The van der Waals surface area contributed by atoms with Crippen molar-refractivity contribution in [2.24, 2.45) is 5.73 Å². The molecule has 0 bridgehead atoms. The molecule has 1 amide bonds. The van der Waals surface area contributed by atoms with E-state index in [1.165, 1.54) is 34.0 Å². The lowest BCUT2D eigenvalue weighted by Crippen LogP contribution is -2.11. The third-order valence-electron chi connectivity index (χ3n) is 5.47. The van der Waals surface area contributed by atoms with E-state index in [9.17, 15) is 4.79 Å². The molecule has 147 valence electrons. The number of rotatable bonds is 7. The van der Waals surface area contributed by atoms with Crippen LogP contribution in [0.3, 0.4) is 0 Å². The number of hydrogen-bond acceptors (Lipinski definition) is 1. The molecule has 4 rings (SSSR count). The number of aryl methyl sites for hydroxylation is 1. The summed E-state index contributed by atoms with van der Waals surface area (Å²) in [6.07, 6.45) is 4.67. The Labute approximate surface area is 185 Å². The van der Waals surface area contributed by atoms with Crippen molar-refractivity contribution in [1.29, 1.82) is 0 Å². The van der Waals surface area contributed by atoms with Crippen molar-refractivity contribution >= 4 is 50.3 Å². The topological polar surface area (TPSA) is 48.0 Å². The Hall–Kier alpha value is -2.34. The van der Waals surface area contributed by atoms with Crippen LogP contribution in [0, 0.1) is 9.64 Å². The van der Waals surface area contributed by atoms with E-state index in [-0.39, 0.29) is 0 Å². The molecule has 3 aromatic carbocycles. The molecule has 29 heavy (non-hydrogen) atoms. The Balaban J connectivity index is 1.94. The van der Waals surface area contributed by atoms with E-state index in [0.29, 0.717) is 5.56 Å². The minimum Gasteiger partial charge on any atom is -0.366 e. The Morgan fingerprint density at radius 1 is 1.10 bits per heavy atom. The lowest BCUT2D eigenvalue weighted by Gasteiger charge is -2.10. The summed E-state index contributed by atoms with van der Waals surface area (Å²) in [4.78, 5) is 12.1. The van der Waals surface area contributed by atoms with Crippen molar-refractivity contribution in [3.05, 3.63) is 80.9 Å². The number of halogens is 1. The van der Waals surface area contributed by atoms with Gasteiger partial charge in [-0.1, -0.05) is 50.1 Å². The van der Waals surface area contributed by atoms with Crippen molar-refractivity contribution in [1.82, 2.24) is 4.57 Å². The highest BCUT2D eigenvalue weighted by molar-refractivity contribution is 14.1. The van der Waals surface area contributed by atoms with Gasteiger partial charge in [0.25, 0.3) is 0 Å². The quantitative estimate of drug-likeness (QED) is 0.245. The van der Waals surface area contributed by atoms with Crippen LogP contribution in [0.1, 0.15) is 47.7 Å². The first-order valence-electron chi connectivity index (χ1n) is 10.1. The van der Waals surface area contributed by atoms with Crippen LogP contribution in [-0.2, 0) is 13.0 Å². The van der Waals surface area contributed by atoms with Gasteiger partial charge in [0.1, 0.15) is 0 Å². The van der Waals surface area contributed by atoms with Gasteiger partial charge >= 0.3 is 0 Å². The highest BCUT2D eigenvalue weighted by Crippen LogP contribution is 2.33. The largest absolute Gasteiger partial charge is 0.366 e. The third kappa shape index (κ3) is 3.90. The van der Waals surface area contributed by atoms with Crippen molar-refractivity contribution in [2.75, 3.05) is 0 Å². The van der Waals surface area contributed by atoms with Gasteiger partial charge in [-0.3, -0.25) is 4.79 Å². The molecule has 0 aliphatic rings. The average molecular weight is 495 g/mol. The molecule has 0 fully saturated rings. The highest BCUT2D eigenvalue weighted by atomic mass is 127. The van der Waals surface area contributed by atoms with Gasteiger partial charge < -0.3 is 10.3 Å². The van der Waals surface area contributed by atoms with Crippen LogP contribution in [0.5, 0.6) is 0 Å². The van der Waals surface area contributed by atoms with E-state index in [2.05, 4.69) is 82.6 Å². The lowest BCUT2D eigenvalue weighted by molar-refractivity contribution is 0.100. The van der Waals surface area contributed by atoms with E-state index in [1.807, 2.05) is 12.1 Å². The summed E-state index contributed by atoms with van der Waals surface area (Å²) < 4.78 is 3.53. The predicted molar refractivity (Wildman–Crippen MR) is 128 cm³/mol. The minimum atomic E-state index is -0.399. The minimum absolute atomic E-state index is 0.399. The number of benzene rings is 3. The lowest BCUT2D eigenvalue weighted by atomic mass is 10.0. The second kappa shape index (κ2) is 8.57. The zero-order valence-electron chi connectivity index (χ0n) is 16.5. The zero-order valence-corrected chi connectivity index (χ0v) is 18.7. The molecule has 0 atom stereocenters. The molecule has 0 unspecified atom stereocenters. The summed E-state index contributed by atoms with van der Waals surface area (Å²) in [5.41, 5.74) is 11.0. The predicted octanol–water partition coefficient (Wildman–Crippen LogP) is 6.08. The molecule has 1 heterocycles. The van der Waals surface area contributed by atoms with Crippen molar-refractivity contribution in [2.45, 2.75) is 39.2 Å². The third-order valence-corrected chi connectivity index (χ3v) is 6.53. The highest BCUT2D eigenvalue weighted by Gasteiger charge is 2.17. The molecule has 1 aromatic heterocycles. The summed E-state index contributed by atoms with van der Waals surface area (Å²) in [5.74, 6) is -0.399. The van der Waals surface area contributed by atoms with E-state index in [4.69, 9.17) is 5.73 Å². The van der Waals surface area contributed by atoms with Gasteiger partial charge in [0.2, 0.25) is 5.91 Å². The molecule has 0 aliphatic heterocycles. The molecule has 0 saturated carbocycles. The number of unbranched alkanes of at least 4 members (excludes halogenated alkanes) is 2. The number of fused-ring (bicyclic) bond motifs is 3. The molecule has 1 radical (unpaired) electrons. The van der Waals surface area contributed by atoms with Gasteiger partial charge in [-0.2, -0.15) is 0 Å². The van der Waals surface area contributed by atoms with Crippen LogP contribution in [0.25, 0.3) is 21.8 Å². The molecule has 0 aliphatic carbocycles. The first kappa shape index (κ1) is 20.0. The normalized spacial score (nSPS) is 11.4. The molecule has 2 N–H and O–H groups in total. The fourth-order valence-corrected chi connectivity index (χ4v) is 4.55. The number of hydrogen-bond donors (Lipinski definition) is 1. The molecule has 0 saturated heterocycles. The maximum absolute atomic E-state index is 12.1. The fourth-order valence-electron chi connectivity index (χ4n) is 4.00. The van der Waals surface area contributed by atoms with Gasteiger partial charge in [0.05, 0.1) is 11.0 Å². The number of amides is 1. The monoisotopic (exact) mass is 495 g/mol. The summed E-state index contributed by atoms with van der Waals surface area (Å²) in [6, 6.07) is 22.0. The number of nitrogens with zero attached hydrogens (tertiary/aromatic N) is 1. The number of nitrogens with two attached hydrogens (primary N) is 1. The molecule has 3 nitrogen and oxygen atoms in total. The zero-order chi connectivity index (χ0) is 20.4. The van der Waals surface area contributed by atoms with Gasteiger partial charge in [0, 0.05) is 26.5 Å². The summed E-state index contributed by atoms with van der Waals surface area (Å²) >= 11 is 2.38. The van der Waals surface area contributed by atoms with Gasteiger partial charge in [-0.15, -0.1) is 0 Å². The second-order valence-electron chi connectivity index (χ2n) is 7.47. The second-order valence-corrected chi connectivity index (χ2v) is 8.63. The van der Waals surface area contributed by atoms with Crippen LogP contribution in [0.4, 0.5) is 0 Å². The molecule has 0 spiro atoms.